The minimum absolute atomic E-state index is 0.500. The molecule has 0 aliphatic carbocycles. The van der Waals surface area contributed by atoms with Gasteiger partial charge in [-0.05, 0) is 5.41 Å². The standard InChI is InChI=1S/C5H12.NO3/c1-5(2,3)4;2-1(3)4/h1-4H3;/q;-1. The Morgan fingerprint density at radius 1 is 1.11 bits per heavy atom. The molecule has 0 unspecified atom stereocenters. The van der Waals surface area contributed by atoms with Gasteiger partial charge in [0.15, 0.2) is 0 Å². The van der Waals surface area contributed by atoms with Gasteiger partial charge in [-0.3, -0.25) is 0 Å². The van der Waals surface area contributed by atoms with Gasteiger partial charge in [-0.25, -0.2) is 0 Å². The average Bonchev–Trinajstić information content (AvgIpc) is 1.19. The molecule has 0 saturated carbocycles. The maximum Gasteiger partial charge on any atom is 0.0689 e. The topological polar surface area (TPSA) is 66.2 Å². The molecule has 0 rings (SSSR count). The van der Waals surface area contributed by atoms with Gasteiger partial charge in [-0.2, -0.15) is 0 Å². The number of hydrogen-bond donors (Lipinski definition) is 0. The molecule has 0 aliphatic heterocycles. The number of rotatable bonds is 0. The Hall–Kier alpha value is -0.800. The van der Waals surface area contributed by atoms with E-state index >= 15 is 0 Å². The summed E-state index contributed by atoms with van der Waals surface area (Å²) in [6, 6.07) is 0. The first kappa shape index (κ1) is 11.1. The zero-order chi connectivity index (χ0) is 8.08. The van der Waals surface area contributed by atoms with Crippen molar-refractivity contribution in [2.75, 3.05) is 0 Å². The third kappa shape index (κ3) is 304. The summed E-state index contributed by atoms with van der Waals surface area (Å²) in [4.78, 5) is 8.25. The molecule has 0 aromatic heterocycles. The fourth-order valence-electron chi connectivity index (χ4n) is 0. The molecule has 4 nitrogen and oxygen atoms in total. The van der Waals surface area contributed by atoms with Crippen molar-refractivity contribution in [3.05, 3.63) is 15.3 Å². The summed E-state index contributed by atoms with van der Waals surface area (Å²) < 4.78 is 0. The first-order chi connectivity index (χ1) is 3.73. The lowest BCUT2D eigenvalue weighted by molar-refractivity contribution is -0.402. The van der Waals surface area contributed by atoms with E-state index in [1.54, 1.807) is 0 Å². The molecule has 0 amide bonds. The van der Waals surface area contributed by atoms with Crippen LogP contribution in [-0.2, 0) is 0 Å². The van der Waals surface area contributed by atoms with E-state index in [1.807, 2.05) is 0 Å². The second kappa shape index (κ2) is 4.12. The fraction of sp³-hybridized carbons (Fsp3) is 1.00. The predicted octanol–water partition coefficient (Wildman–Crippen LogP) is 1.81. The molecule has 0 heterocycles. The highest BCUT2D eigenvalue weighted by Crippen LogP contribution is 2.07. The van der Waals surface area contributed by atoms with E-state index in [0.717, 1.165) is 0 Å². The molecule has 56 valence electrons. The number of hydrogen-bond acceptors (Lipinski definition) is 3. The Labute approximate surface area is 54.6 Å². The van der Waals surface area contributed by atoms with Crippen LogP contribution < -0.4 is 0 Å². The van der Waals surface area contributed by atoms with E-state index in [4.69, 9.17) is 15.3 Å². The van der Waals surface area contributed by atoms with Crippen molar-refractivity contribution in [1.82, 2.24) is 0 Å². The zero-order valence-electron chi connectivity index (χ0n) is 6.17. The van der Waals surface area contributed by atoms with Crippen molar-refractivity contribution in [3.63, 3.8) is 0 Å². The Balaban J connectivity index is 0. The lowest BCUT2D eigenvalue weighted by atomic mass is 10.0. The third-order valence-electron chi connectivity index (χ3n) is 0. The van der Waals surface area contributed by atoms with Crippen LogP contribution in [0.3, 0.4) is 0 Å². The Morgan fingerprint density at radius 2 is 1.11 bits per heavy atom. The van der Waals surface area contributed by atoms with Gasteiger partial charge < -0.3 is 15.3 Å². The molecule has 0 saturated heterocycles. The molecule has 0 radical (unpaired) electrons. The molecule has 0 atom stereocenters. The predicted molar refractivity (Wildman–Crippen MR) is 35.5 cm³/mol. The van der Waals surface area contributed by atoms with Crippen LogP contribution in [0, 0.1) is 20.7 Å². The maximum atomic E-state index is 8.25. The Morgan fingerprint density at radius 3 is 1.11 bits per heavy atom. The van der Waals surface area contributed by atoms with Crippen molar-refractivity contribution < 1.29 is 5.09 Å². The monoisotopic (exact) mass is 134 g/mol. The van der Waals surface area contributed by atoms with Gasteiger partial charge in [0, 0.05) is 0 Å². The molecule has 0 aliphatic rings. The van der Waals surface area contributed by atoms with Gasteiger partial charge in [0.25, 0.3) is 0 Å². The first-order valence-corrected chi connectivity index (χ1v) is 2.55. The lowest BCUT2D eigenvalue weighted by Crippen LogP contribution is -1.93. The van der Waals surface area contributed by atoms with Crippen molar-refractivity contribution in [1.29, 1.82) is 0 Å². The van der Waals surface area contributed by atoms with Crippen molar-refractivity contribution >= 4 is 0 Å². The summed E-state index contributed by atoms with van der Waals surface area (Å²) in [7, 11) is 0. The van der Waals surface area contributed by atoms with Crippen LogP contribution in [0.2, 0.25) is 0 Å². The molecular formula is C5H12NO3-. The Bertz CT molecular complexity index is 74.7. The minimum atomic E-state index is -1.75. The number of nitrogens with zero attached hydrogens (tertiary/aromatic N) is 1. The molecule has 0 aromatic rings. The average molecular weight is 134 g/mol. The first-order valence-electron chi connectivity index (χ1n) is 2.55. The summed E-state index contributed by atoms with van der Waals surface area (Å²) in [5, 5.41) is 14.8. The summed E-state index contributed by atoms with van der Waals surface area (Å²) in [6.07, 6.45) is 0. The van der Waals surface area contributed by atoms with Crippen LogP contribution in [0.25, 0.3) is 0 Å². The second-order valence-electron chi connectivity index (χ2n) is 3.22. The van der Waals surface area contributed by atoms with E-state index < -0.39 is 5.09 Å². The minimum Gasteiger partial charge on any atom is -0.356 e. The Kier molecular flexibility index (Phi) is 5.06. The molecule has 0 fully saturated rings. The summed E-state index contributed by atoms with van der Waals surface area (Å²) in [5.41, 5.74) is 0.500. The van der Waals surface area contributed by atoms with Gasteiger partial charge in [-0.15, -0.1) is 0 Å². The maximum absolute atomic E-state index is 8.25. The highest BCUT2D eigenvalue weighted by molar-refractivity contribution is 4.47. The van der Waals surface area contributed by atoms with Crippen LogP contribution in [0.1, 0.15) is 27.7 Å². The van der Waals surface area contributed by atoms with Gasteiger partial charge in [0.1, 0.15) is 0 Å². The van der Waals surface area contributed by atoms with Crippen molar-refractivity contribution in [2.24, 2.45) is 5.41 Å². The highest BCUT2D eigenvalue weighted by Gasteiger charge is 1.95. The van der Waals surface area contributed by atoms with Gasteiger partial charge in [0.05, 0.1) is 5.09 Å². The van der Waals surface area contributed by atoms with Crippen LogP contribution >= 0.6 is 0 Å². The fourth-order valence-corrected chi connectivity index (χ4v) is 0. The van der Waals surface area contributed by atoms with Gasteiger partial charge in [0.2, 0.25) is 0 Å². The van der Waals surface area contributed by atoms with E-state index in [9.17, 15) is 0 Å². The molecule has 0 spiro atoms. The summed E-state index contributed by atoms with van der Waals surface area (Å²) in [5.74, 6) is 0. The summed E-state index contributed by atoms with van der Waals surface area (Å²) >= 11 is 0. The SMILES string of the molecule is CC(C)(C)C.O=[N+]([O-])[O-]. The molecule has 9 heavy (non-hydrogen) atoms. The third-order valence-corrected chi connectivity index (χ3v) is 0. The lowest BCUT2D eigenvalue weighted by Gasteiger charge is -2.05. The second-order valence-corrected chi connectivity index (χ2v) is 3.22. The summed E-state index contributed by atoms with van der Waals surface area (Å²) in [6.45, 7) is 8.75. The van der Waals surface area contributed by atoms with Crippen LogP contribution in [0.4, 0.5) is 0 Å². The van der Waals surface area contributed by atoms with Crippen LogP contribution in [0.5, 0.6) is 0 Å². The van der Waals surface area contributed by atoms with Crippen molar-refractivity contribution in [2.45, 2.75) is 27.7 Å². The molecule has 0 aromatic carbocycles. The van der Waals surface area contributed by atoms with Gasteiger partial charge in [-0.1, -0.05) is 27.7 Å². The normalized spacial score (nSPS) is 9.33. The zero-order valence-corrected chi connectivity index (χ0v) is 6.17. The van der Waals surface area contributed by atoms with Crippen molar-refractivity contribution in [3.8, 4) is 0 Å². The quantitative estimate of drug-likeness (QED) is 0.375. The van der Waals surface area contributed by atoms with E-state index in [-0.39, 0.29) is 0 Å². The molecular weight excluding hydrogens is 122 g/mol. The molecule has 0 N–H and O–H groups in total. The smallest absolute Gasteiger partial charge is 0.0689 e. The van der Waals surface area contributed by atoms with E-state index in [1.165, 1.54) is 0 Å². The molecule has 4 heteroatoms. The van der Waals surface area contributed by atoms with E-state index in [2.05, 4.69) is 27.7 Å². The van der Waals surface area contributed by atoms with Crippen LogP contribution in [-0.4, -0.2) is 5.09 Å². The van der Waals surface area contributed by atoms with Crippen LogP contribution in [0.15, 0.2) is 0 Å². The van der Waals surface area contributed by atoms with Gasteiger partial charge >= 0.3 is 0 Å². The highest BCUT2D eigenvalue weighted by atomic mass is 16.9. The van der Waals surface area contributed by atoms with E-state index in [0.29, 0.717) is 5.41 Å². The molecule has 0 bridgehead atoms. The largest absolute Gasteiger partial charge is 0.356 e.